The fourth-order valence-corrected chi connectivity index (χ4v) is 3.93. The van der Waals surface area contributed by atoms with Crippen LogP contribution in [0.3, 0.4) is 0 Å². The Balaban J connectivity index is 1.84. The molecule has 1 aromatic heterocycles. The van der Waals surface area contributed by atoms with Gasteiger partial charge in [-0.05, 0) is 30.7 Å². The highest BCUT2D eigenvalue weighted by molar-refractivity contribution is 7.16. The van der Waals surface area contributed by atoms with Crippen LogP contribution in [0.5, 0.6) is 0 Å². The van der Waals surface area contributed by atoms with E-state index >= 15 is 0 Å². The number of fused-ring (bicyclic) bond motifs is 1. The zero-order valence-electron chi connectivity index (χ0n) is 12.7. The van der Waals surface area contributed by atoms with E-state index in [2.05, 4.69) is 5.32 Å². The molecule has 1 aliphatic rings. The van der Waals surface area contributed by atoms with Crippen LogP contribution in [-0.2, 0) is 16.1 Å². The lowest BCUT2D eigenvalue weighted by Crippen LogP contribution is -2.38. The molecule has 1 aliphatic heterocycles. The minimum atomic E-state index is -0.421. The van der Waals surface area contributed by atoms with Crippen LogP contribution in [0.15, 0.2) is 36.4 Å². The quantitative estimate of drug-likeness (QED) is 0.911. The number of nitrogens with zero attached hydrogens (tertiary/aromatic N) is 1. The van der Waals surface area contributed by atoms with Gasteiger partial charge in [-0.15, -0.1) is 11.3 Å². The first-order valence-corrected chi connectivity index (χ1v) is 8.69. The largest absolute Gasteiger partial charge is 0.337 e. The lowest BCUT2D eigenvalue weighted by atomic mass is 9.89. The summed E-state index contributed by atoms with van der Waals surface area (Å²) in [5.41, 5.74) is 1.62. The molecule has 6 heteroatoms. The third kappa shape index (κ3) is 3.41. The maximum Gasteiger partial charge on any atom is 0.231 e. The van der Waals surface area contributed by atoms with Gasteiger partial charge < -0.3 is 10.2 Å². The van der Waals surface area contributed by atoms with Gasteiger partial charge in [0, 0.05) is 23.5 Å². The average molecular weight is 349 g/mol. The summed E-state index contributed by atoms with van der Waals surface area (Å²) in [5.74, 6) is -0.549. The van der Waals surface area contributed by atoms with Crippen LogP contribution in [0.25, 0.3) is 0 Å². The monoisotopic (exact) mass is 348 g/mol. The summed E-state index contributed by atoms with van der Waals surface area (Å²) in [6, 6.07) is 11.3. The molecular formula is C17H17ClN2O2S. The highest BCUT2D eigenvalue weighted by Gasteiger charge is 2.32. The molecule has 1 N–H and O–H groups in total. The standard InChI is InChI=1S/C17H17ClN2O2S/c1-2-20(10-11-7-8-15(18)23-11)17(22)13-9-16(21)19-14-6-4-3-5-12(13)14/h3-8,13H,2,9-10H2,1H3,(H,19,21). The predicted molar refractivity (Wildman–Crippen MR) is 92.8 cm³/mol. The third-order valence-corrected chi connectivity index (χ3v) is 5.18. The number of hydrogen-bond donors (Lipinski definition) is 1. The van der Waals surface area contributed by atoms with Gasteiger partial charge in [-0.25, -0.2) is 0 Å². The minimum absolute atomic E-state index is 0.0145. The van der Waals surface area contributed by atoms with E-state index in [1.54, 1.807) is 4.90 Å². The van der Waals surface area contributed by atoms with Gasteiger partial charge in [-0.3, -0.25) is 9.59 Å². The van der Waals surface area contributed by atoms with E-state index in [1.165, 1.54) is 11.3 Å². The summed E-state index contributed by atoms with van der Waals surface area (Å²) in [7, 11) is 0. The summed E-state index contributed by atoms with van der Waals surface area (Å²) in [5, 5.41) is 2.83. The molecule has 2 aromatic rings. The van der Waals surface area contributed by atoms with Crippen molar-refractivity contribution in [1.29, 1.82) is 0 Å². The Morgan fingerprint density at radius 2 is 2.13 bits per heavy atom. The molecule has 0 saturated heterocycles. The first-order chi connectivity index (χ1) is 11.1. The van der Waals surface area contributed by atoms with Crippen molar-refractivity contribution in [2.24, 2.45) is 0 Å². The van der Waals surface area contributed by atoms with E-state index in [0.29, 0.717) is 17.4 Å². The number of hydrogen-bond acceptors (Lipinski definition) is 3. The molecule has 0 bridgehead atoms. The van der Waals surface area contributed by atoms with Gasteiger partial charge in [0.2, 0.25) is 11.8 Å². The summed E-state index contributed by atoms with van der Waals surface area (Å²) < 4.78 is 0.714. The second-order valence-electron chi connectivity index (χ2n) is 5.45. The van der Waals surface area contributed by atoms with Crippen molar-refractivity contribution in [1.82, 2.24) is 4.90 Å². The number of nitrogens with one attached hydrogen (secondary N) is 1. The zero-order valence-corrected chi connectivity index (χ0v) is 14.3. The van der Waals surface area contributed by atoms with Crippen LogP contribution in [0, 0.1) is 0 Å². The highest BCUT2D eigenvalue weighted by Crippen LogP contribution is 2.34. The highest BCUT2D eigenvalue weighted by atomic mass is 35.5. The number of thiophene rings is 1. The van der Waals surface area contributed by atoms with Gasteiger partial charge in [0.1, 0.15) is 0 Å². The number of anilines is 1. The van der Waals surface area contributed by atoms with Crippen molar-refractivity contribution >= 4 is 40.4 Å². The Hall–Kier alpha value is -1.85. The number of carbonyl (C=O) groups excluding carboxylic acids is 2. The van der Waals surface area contributed by atoms with E-state index in [4.69, 9.17) is 11.6 Å². The summed E-state index contributed by atoms with van der Waals surface area (Å²) >= 11 is 7.44. The number of carbonyl (C=O) groups is 2. The van der Waals surface area contributed by atoms with Crippen LogP contribution in [0.1, 0.15) is 29.7 Å². The molecule has 0 saturated carbocycles. The molecule has 1 aromatic carbocycles. The van der Waals surface area contributed by atoms with Crippen molar-refractivity contribution in [2.75, 3.05) is 11.9 Å². The fraction of sp³-hybridized carbons (Fsp3) is 0.294. The first-order valence-electron chi connectivity index (χ1n) is 7.50. The molecule has 0 spiro atoms. The lowest BCUT2D eigenvalue weighted by molar-refractivity contribution is -0.135. The number of halogens is 1. The number of likely N-dealkylation sites (N-methyl/N-ethyl adjacent to an activating group) is 1. The number of rotatable bonds is 4. The predicted octanol–water partition coefficient (Wildman–Crippen LogP) is 3.88. The third-order valence-electron chi connectivity index (χ3n) is 3.97. The zero-order chi connectivity index (χ0) is 16.4. The van der Waals surface area contributed by atoms with Gasteiger partial charge in [0.05, 0.1) is 16.8 Å². The van der Waals surface area contributed by atoms with Gasteiger partial charge in [-0.2, -0.15) is 0 Å². The molecule has 3 rings (SSSR count). The van der Waals surface area contributed by atoms with E-state index in [0.717, 1.165) is 16.1 Å². The molecule has 23 heavy (non-hydrogen) atoms. The maximum absolute atomic E-state index is 13.0. The second-order valence-corrected chi connectivity index (χ2v) is 7.25. The number of amides is 2. The number of benzene rings is 1. The molecule has 1 unspecified atom stereocenters. The topological polar surface area (TPSA) is 49.4 Å². The van der Waals surface area contributed by atoms with Gasteiger partial charge in [-0.1, -0.05) is 29.8 Å². The van der Waals surface area contributed by atoms with Crippen LogP contribution in [0.2, 0.25) is 4.34 Å². The van der Waals surface area contributed by atoms with Crippen molar-refractivity contribution in [2.45, 2.75) is 25.8 Å². The van der Waals surface area contributed by atoms with E-state index in [9.17, 15) is 9.59 Å². The molecule has 2 heterocycles. The molecular weight excluding hydrogens is 332 g/mol. The van der Waals surface area contributed by atoms with E-state index in [1.807, 2.05) is 43.3 Å². The lowest BCUT2D eigenvalue weighted by Gasteiger charge is -2.30. The van der Waals surface area contributed by atoms with Gasteiger partial charge in [0.15, 0.2) is 0 Å². The number of para-hydroxylation sites is 1. The average Bonchev–Trinajstić information content (AvgIpc) is 2.96. The minimum Gasteiger partial charge on any atom is -0.337 e. The Labute approximate surface area is 144 Å². The van der Waals surface area contributed by atoms with Crippen molar-refractivity contribution in [3.8, 4) is 0 Å². The Morgan fingerprint density at radius 3 is 2.83 bits per heavy atom. The van der Waals surface area contributed by atoms with Crippen molar-refractivity contribution in [3.63, 3.8) is 0 Å². The van der Waals surface area contributed by atoms with Crippen LogP contribution >= 0.6 is 22.9 Å². The maximum atomic E-state index is 13.0. The first kappa shape index (κ1) is 16.0. The Bertz CT molecular complexity index is 744. The summed E-state index contributed by atoms with van der Waals surface area (Å²) in [4.78, 5) is 27.7. The van der Waals surface area contributed by atoms with Crippen molar-refractivity contribution < 1.29 is 9.59 Å². The fourth-order valence-electron chi connectivity index (χ4n) is 2.82. The molecule has 0 aliphatic carbocycles. The second kappa shape index (κ2) is 6.72. The van der Waals surface area contributed by atoms with E-state index in [-0.39, 0.29) is 18.2 Å². The van der Waals surface area contributed by atoms with Crippen LogP contribution in [-0.4, -0.2) is 23.3 Å². The normalized spacial score (nSPS) is 16.6. The smallest absolute Gasteiger partial charge is 0.231 e. The van der Waals surface area contributed by atoms with Crippen LogP contribution < -0.4 is 5.32 Å². The van der Waals surface area contributed by atoms with Crippen LogP contribution in [0.4, 0.5) is 5.69 Å². The molecule has 2 amide bonds. The molecule has 120 valence electrons. The summed E-state index contributed by atoms with van der Waals surface area (Å²) in [6.45, 7) is 3.06. The molecule has 1 atom stereocenters. The van der Waals surface area contributed by atoms with Gasteiger partial charge >= 0.3 is 0 Å². The van der Waals surface area contributed by atoms with E-state index < -0.39 is 5.92 Å². The molecule has 0 radical (unpaired) electrons. The molecule has 0 fully saturated rings. The van der Waals surface area contributed by atoms with Gasteiger partial charge in [0.25, 0.3) is 0 Å². The summed E-state index contributed by atoms with van der Waals surface area (Å²) in [6.07, 6.45) is 0.192. The SMILES string of the molecule is CCN(Cc1ccc(Cl)s1)C(=O)C1CC(=O)Nc2ccccc21. The molecule has 4 nitrogen and oxygen atoms in total. The Morgan fingerprint density at radius 1 is 1.35 bits per heavy atom. The Kier molecular flexibility index (Phi) is 4.68. The van der Waals surface area contributed by atoms with Crippen molar-refractivity contribution in [3.05, 3.63) is 51.2 Å².